The predicted octanol–water partition coefficient (Wildman–Crippen LogP) is 4.46. The van der Waals surface area contributed by atoms with Gasteiger partial charge in [-0.25, -0.2) is 0 Å². The van der Waals surface area contributed by atoms with Crippen LogP contribution in [0.3, 0.4) is 0 Å². The minimum atomic E-state index is 0.656. The van der Waals surface area contributed by atoms with E-state index in [1.807, 2.05) is 0 Å². The van der Waals surface area contributed by atoms with E-state index in [4.69, 9.17) is 0 Å². The molecule has 3 aliphatic rings. The van der Waals surface area contributed by atoms with Crippen LogP contribution in [0.4, 0.5) is 0 Å². The first kappa shape index (κ1) is 10.8. The van der Waals surface area contributed by atoms with Gasteiger partial charge in [0.05, 0.1) is 0 Å². The minimum absolute atomic E-state index is 0.656. The van der Waals surface area contributed by atoms with Crippen molar-refractivity contribution in [2.45, 2.75) is 51.9 Å². The smallest absolute Gasteiger partial charge is 0.0182 e. The van der Waals surface area contributed by atoms with E-state index in [9.17, 15) is 0 Å². The van der Waals surface area contributed by atoms with Crippen LogP contribution in [0.1, 0.15) is 49.3 Å². The lowest BCUT2D eigenvalue weighted by Gasteiger charge is -2.40. The summed E-state index contributed by atoms with van der Waals surface area (Å²) in [6, 6.07) is 7.23. The van der Waals surface area contributed by atoms with E-state index < -0.39 is 0 Å². The summed E-state index contributed by atoms with van der Waals surface area (Å²) in [4.78, 5) is 0. The van der Waals surface area contributed by atoms with E-state index in [0.717, 1.165) is 5.92 Å². The molecule has 0 heteroatoms. The summed E-state index contributed by atoms with van der Waals surface area (Å²) < 4.78 is 0. The van der Waals surface area contributed by atoms with E-state index in [0.29, 0.717) is 5.41 Å². The highest BCUT2D eigenvalue weighted by Gasteiger charge is 2.48. The van der Waals surface area contributed by atoms with E-state index in [1.54, 1.807) is 16.7 Å². The third kappa shape index (κ3) is 1.44. The number of hydrogen-bond donors (Lipinski definition) is 0. The molecule has 0 N–H and O–H groups in total. The average Bonchev–Trinajstić information content (AvgIpc) is 2.98. The Labute approximate surface area is 110 Å². The molecule has 18 heavy (non-hydrogen) atoms. The van der Waals surface area contributed by atoms with Crippen molar-refractivity contribution in [1.29, 1.82) is 0 Å². The molecule has 0 nitrogen and oxygen atoms in total. The molecular formula is C18H22. The maximum atomic E-state index is 2.52. The van der Waals surface area contributed by atoms with Gasteiger partial charge in [-0.15, -0.1) is 0 Å². The number of aryl methyl sites for hydroxylation is 2. The number of fused-ring (bicyclic) bond motifs is 4. The Kier molecular flexibility index (Phi) is 2.24. The maximum Gasteiger partial charge on any atom is -0.0182 e. The van der Waals surface area contributed by atoms with Crippen molar-refractivity contribution >= 4 is 0 Å². The fraction of sp³-hybridized carbons (Fsp3) is 0.556. The van der Waals surface area contributed by atoms with Crippen LogP contribution in [0.15, 0.2) is 29.8 Å². The van der Waals surface area contributed by atoms with E-state index in [-0.39, 0.29) is 0 Å². The standard InChI is InChI=1S/C18H22/c1-2-13-3-5-15-7-8-18(12-16(15)9-13)11-14-4-6-17(18)10-14/h3-5,9,17H,2,6-8,10-12H2,1H3. The van der Waals surface area contributed by atoms with Crippen molar-refractivity contribution in [3.63, 3.8) is 0 Å². The second kappa shape index (κ2) is 3.73. The molecule has 0 heterocycles. The molecule has 2 unspecified atom stereocenters. The monoisotopic (exact) mass is 238 g/mol. The van der Waals surface area contributed by atoms with Crippen LogP contribution in [-0.2, 0) is 19.3 Å². The largest absolute Gasteiger partial charge is 0.0850 e. The van der Waals surface area contributed by atoms with Crippen molar-refractivity contribution in [2.24, 2.45) is 11.3 Å². The summed E-state index contributed by atoms with van der Waals surface area (Å²) in [6.45, 7) is 2.27. The number of benzene rings is 1. The quantitative estimate of drug-likeness (QED) is 0.633. The van der Waals surface area contributed by atoms with Crippen LogP contribution in [0, 0.1) is 11.3 Å². The van der Waals surface area contributed by atoms with Crippen LogP contribution < -0.4 is 0 Å². The highest BCUT2D eigenvalue weighted by molar-refractivity contribution is 5.37. The average molecular weight is 238 g/mol. The first-order chi connectivity index (χ1) is 8.79. The molecule has 1 aromatic rings. The molecule has 2 bridgehead atoms. The first-order valence-corrected chi connectivity index (χ1v) is 7.58. The second-order valence-corrected chi connectivity index (χ2v) is 6.67. The van der Waals surface area contributed by atoms with E-state index >= 15 is 0 Å². The van der Waals surface area contributed by atoms with E-state index in [1.165, 1.54) is 50.5 Å². The number of hydrogen-bond acceptors (Lipinski definition) is 0. The third-order valence-electron chi connectivity index (χ3n) is 5.76. The molecule has 1 saturated carbocycles. The Bertz CT molecular complexity index is 523. The van der Waals surface area contributed by atoms with Gasteiger partial charge < -0.3 is 0 Å². The van der Waals surface area contributed by atoms with Gasteiger partial charge in [0.25, 0.3) is 0 Å². The lowest BCUT2D eigenvalue weighted by atomic mass is 9.64. The molecule has 0 saturated heterocycles. The molecule has 0 aromatic heterocycles. The summed E-state index contributed by atoms with van der Waals surface area (Å²) in [5.41, 5.74) is 7.26. The topological polar surface area (TPSA) is 0 Å². The molecule has 1 aromatic carbocycles. The van der Waals surface area contributed by atoms with Gasteiger partial charge in [-0.05, 0) is 73.0 Å². The predicted molar refractivity (Wildman–Crippen MR) is 75.7 cm³/mol. The van der Waals surface area contributed by atoms with Gasteiger partial charge in [0.1, 0.15) is 0 Å². The van der Waals surface area contributed by atoms with Crippen LogP contribution in [0.2, 0.25) is 0 Å². The Morgan fingerprint density at radius 2 is 2.17 bits per heavy atom. The van der Waals surface area contributed by atoms with Gasteiger partial charge in [-0.3, -0.25) is 0 Å². The normalized spacial score (nSPS) is 32.7. The molecule has 4 rings (SSSR count). The van der Waals surface area contributed by atoms with Crippen molar-refractivity contribution in [1.82, 2.24) is 0 Å². The van der Waals surface area contributed by atoms with Crippen molar-refractivity contribution in [3.8, 4) is 0 Å². The molecule has 2 atom stereocenters. The minimum Gasteiger partial charge on any atom is -0.0850 e. The summed E-state index contributed by atoms with van der Waals surface area (Å²) in [7, 11) is 0. The number of rotatable bonds is 1. The third-order valence-corrected chi connectivity index (χ3v) is 5.76. The van der Waals surface area contributed by atoms with Gasteiger partial charge in [-0.1, -0.05) is 36.8 Å². The molecular weight excluding hydrogens is 216 g/mol. The maximum absolute atomic E-state index is 2.52. The zero-order chi connectivity index (χ0) is 12.2. The van der Waals surface area contributed by atoms with Gasteiger partial charge in [0.15, 0.2) is 0 Å². The summed E-state index contributed by atoms with van der Waals surface area (Å²) in [6.07, 6.45) is 12.0. The Balaban J connectivity index is 1.70. The zero-order valence-corrected chi connectivity index (χ0v) is 11.3. The summed E-state index contributed by atoms with van der Waals surface area (Å²) in [5, 5.41) is 0. The van der Waals surface area contributed by atoms with E-state index in [2.05, 4.69) is 31.2 Å². The molecule has 0 aliphatic heterocycles. The van der Waals surface area contributed by atoms with Crippen LogP contribution in [-0.4, -0.2) is 0 Å². The fourth-order valence-corrected chi connectivity index (χ4v) is 4.66. The SMILES string of the molecule is CCc1ccc2c(c1)CC1(CC2)CC2=CCC1C2. The van der Waals surface area contributed by atoms with Crippen LogP contribution >= 0.6 is 0 Å². The molecule has 3 aliphatic carbocycles. The zero-order valence-electron chi connectivity index (χ0n) is 11.3. The molecule has 94 valence electrons. The van der Waals surface area contributed by atoms with Gasteiger partial charge >= 0.3 is 0 Å². The lowest BCUT2D eigenvalue weighted by molar-refractivity contribution is 0.168. The van der Waals surface area contributed by atoms with Crippen molar-refractivity contribution in [2.75, 3.05) is 0 Å². The molecule has 1 fully saturated rings. The second-order valence-electron chi connectivity index (χ2n) is 6.67. The Morgan fingerprint density at radius 3 is 2.89 bits per heavy atom. The molecule has 0 amide bonds. The number of allylic oxidation sites excluding steroid dienone is 2. The highest BCUT2D eigenvalue weighted by atomic mass is 14.5. The fourth-order valence-electron chi connectivity index (χ4n) is 4.66. The summed E-state index contributed by atoms with van der Waals surface area (Å²) in [5.74, 6) is 0.978. The van der Waals surface area contributed by atoms with Crippen molar-refractivity contribution < 1.29 is 0 Å². The lowest BCUT2D eigenvalue weighted by Crippen LogP contribution is -2.33. The molecule has 1 spiro atoms. The van der Waals surface area contributed by atoms with Gasteiger partial charge in [-0.2, -0.15) is 0 Å². The molecule has 0 radical (unpaired) electrons. The highest BCUT2D eigenvalue weighted by Crippen LogP contribution is 2.58. The van der Waals surface area contributed by atoms with Gasteiger partial charge in [0, 0.05) is 0 Å². The Morgan fingerprint density at radius 1 is 1.22 bits per heavy atom. The first-order valence-electron chi connectivity index (χ1n) is 7.58. The van der Waals surface area contributed by atoms with Crippen LogP contribution in [0.5, 0.6) is 0 Å². The van der Waals surface area contributed by atoms with Crippen molar-refractivity contribution in [3.05, 3.63) is 46.5 Å². The Hall–Kier alpha value is -1.04. The van der Waals surface area contributed by atoms with Crippen LogP contribution in [0.25, 0.3) is 0 Å². The summed E-state index contributed by atoms with van der Waals surface area (Å²) >= 11 is 0. The van der Waals surface area contributed by atoms with Gasteiger partial charge in [0.2, 0.25) is 0 Å².